The summed E-state index contributed by atoms with van der Waals surface area (Å²) in [7, 11) is 0. The molecule has 0 atom stereocenters. The molecule has 2 heterocycles. The Kier molecular flexibility index (Phi) is 5.01. The van der Waals surface area contributed by atoms with E-state index in [1.54, 1.807) is 6.92 Å². The lowest BCUT2D eigenvalue weighted by Crippen LogP contribution is -2.37. The summed E-state index contributed by atoms with van der Waals surface area (Å²) in [5.74, 6) is -4.03. The van der Waals surface area contributed by atoms with Crippen LogP contribution in [0.25, 0.3) is 10.9 Å². The maximum Gasteiger partial charge on any atom is 0.341 e. The molecule has 0 amide bonds. The van der Waals surface area contributed by atoms with Gasteiger partial charge in [-0.3, -0.25) is 9.78 Å². The van der Waals surface area contributed by atoms with Crippen molar-refractivity contribution in [2.24, 2.45) is 5.92 Å². The van der Waals surface area contributed by atoms with Gasteiger partial charge in [-0.05, 0) is 31.9 Å². The van der Waals surface area contributed by atoms with Crippen molar-refractivity contribution in [2.45, 2.75) is 19.8 Å². The molecule has 0 saturated carbocycles. The molecule has 1 aliphatic heterocycles. The zero-order chi connectivity index (χ0) is 18.8. The van der Waals surface area contributed by atoms with Crippen molar-refractivity contribution in [3.63, 3.8) is 0 Å². The van der Waals surface area contributed by atoms with Gasteiger partial charge >= 0.3 is 11.9 Å². The molecule has 6 nitrogen and oxygen atoms in total. The number of aliphatic carboxylic acids is 1. The van der Waals surface area contributed by atoms with Crippen molar-refractivity contribution >= 4 is 28.5 Å². The van der Waals surface area contributed by atoms with Gasteiger partial charge < -0.3 is 14.7 Å². The van der Waals surface area contributed by atoms with Crippen LogP contribution in [0.5, 0.6) is 0 Å². The Morgan fingerprint density at radius 3 is 2.62 bits per heavy atom. The van der Waals surface area contributed by atoms with Gasteiger partial charge in [0.1, 0.15) is 11.1 Å². The normalized spacial score (nSPS) is 15.3. The fourth-order valence-electron chi connectivity index (χ4n) is 3.24. The molecule has 0 radical (unpaired) electrons. The van der Waals surface area contributed by atoms with Crippen molar-refractivity contribution in [1.29, 1.82) is 0 Å². The Balaban J connectivity index is 2.10. The molecule has 3 rings (SSSR count). The standard InChI is InChI=1S/C18H18F2N2O4/c1-2-26-18(25)12-9-21-15-11(3-4-13(19)14(15)20)16(12)22-7-5-10(6-8-22)17(23)24/h3-4,9-10H,2,5-8H2,1H3,(H,23,24). The van der Waals surface area contributed by atoms with Gasteiger partial charge in [0.05, 0.1) is 18.2 Å². The first-order valence-corrected chi connectivity index (χ1v) is 8.35. The lowest BCUT2D eigenvalue weighted by molar-refractivity contribution is -0.142. The summed E-state index contributed by atoms with van der Waals surface area (Å²) in [6, 6.07) is 2.36. The van der Waals surface area contributed by atoms with E-state index in [-0.39, 0.29) is 17.7 Å². The number of carboxylic acids is 1. The SMILES string of the molecule is CCOC(=O)c1cnc2c(F)c(F)ccc2c1N1CCC(C(=O)O)CC1. The van der Waals surface area contributed by atoms with Crippen molar-refractivity contribution in [2.75, 3.05) is 24.6 Å². The molecule has 0 spiro atoms. The summed E-state index contributed by atoms with van der Waals surface area (Å²) in [5, 5.41) is 9.45. The van der Waals surface area contributed by atoms with Gasteiger partial charge in [0.15, 0.2) is 11.6 Å². The molecule has 0 bridgehead atoms. The van der Waals surface area contributed by atoms with Gasteiger partial charge in [0.25, 0.3) is 0 Å². The van der Waals surface area contributed by atoms with Crippen LogP contribution in [0.1, 0.15) is 30.1 Å². The monoisotopic (exact) mass is 364 g/mol. The number of rotatable bonds is 4. The number of ether oxygens (including phenoxy) is 1. The van der Waals surface area contributed by atoms with Crippen LogP contribution in [0.15, 0.2) is 18.3 Å². The Bertz CT molecular complexity index is 864. The predicted molar refractivity (Wildman–Crippen MR) is 90.2 cm³/mol. The number of carboxylic acid groups (broad SMARTS) is 1. The number of piperidine rings is 1. The third-order valence-electron chi connectivity index (χ3n) is 4.56. The van der Waals surface area contributed by atoms with E-state index in [0.717, 1.165) is 6.07 Å². The van der Waals surface area contributed by atoms with Gasteiger partial charge in [-0.15, -0.1) is 0 Å². The lowest BCUT2D eigenvalue weighted by Gasteiger charge is -2.33. The molecule has 1 aromatic heterocycles. The van der Waals surface area contributed by atoms with Crippen molar-refractivity contribution in [1.82, 2.24) is 4.98 Å². The fraction of sp³-hybridized carbons (Fsp3) is 0.389. The number of halogens is 2. The van der Waals surface area contributed by atoms with Crippen LogP contribution < -0.4 is 4.90 Å². The van der Waals surface area contributed by atoms with Crippen LogP contribution in [-0.4, -0.2) is 41.7 Å². The highest BCUT2D eigenvalue weighted by Crippen LogP contribution is 2.34. The van der Waals surface area contributed by atoms with Crippen LogP contribution >= 0.6 is 0 Å². The van der Waals surface area contributed by atoms with E-state index < -0.39 is 29.5 Å². The summed E-state index contributed by atoms with van der Waals surface area (Å²) < 4.78 is 32.8. The van der Waals surface area contributed by atoms with Gasteiger partial charge in [0.2, 0.25) is 0 Å². The van der Waals surface area contributed by atoms with E-state index in [0.29, 0.717) is 37.0 Å². The van der Waals surface area contributed by atoms with Crippen LogP contribution in [0.4, 0.5) is 14.5 Å². The first kappa shape index (κ1) is 18.0. The number of hydrogen-bond acceptors (Lipinski definition) is 5. The molecule has 26 heavy (non-hydrogen) atoms. The molecule has 138 valence electrons. The molecule has 2 aromatic rings. The quantitative estimate of drug-likeness (QED) is 0.840. The molecule has 0 unspecified atom stereocenters. The smallest absolute Gasteiger partial charge is 0.341 e. The molecule has 0 aliphatic carbocycles. The molecule has 1 saturated heterocycles. The lowest BCUT2D eigenvalue weighted by atomic mass is 9.95. The summed E-state index contributed by atoms with van der Waals surface area (Å²) in [6.45, 7) is 2.58. The Labute approximate surface area is 148 Å². The van der Waals surface area contributed by atoms with E-state index in [1.807, 2.05) is 4.90 Å². The van der Waals surface area contributed by atoms with E-state index in [1.165, 1.54) is 12.3 Å². The third-order valence-corrected chi connectivity index (χ3v) is 4.56. The number of hydrogen-bond donors (Lipinski definition) is 1. The zero-order valence-corrected chi connectivity index (χ0v) is 14.2. The highest BCUT2D eigenvalue weighted by Gasteiger charge is 2.29. The first-order chi connectivity index (χ1) is 12.4. The average Bonchev–Trinajstić information content (AvgIpc) is 2.64. The first-order valence-electron chi connectivity index (χ1n) is 8.35. The molecular formula is C18H18F2N2O4. The number of esters is 1. The highest BCUT2D eigenvalue weighted by atomic mass is 19.2. The van der Waals surface area contributed by atoms with Crippen LogP contribution in [0, 0.1) is 17.6 Å². The van der Waals surface area contributed by atoms with Gasteiger partial charge in [0, 0.05) is 24.7 Å². The molecular weight excluding hydrogens is 346 g/mol. The number of aromatic nitrogens is 1. The molecule has 8 heteroatoms. The summed E-state index contributed by atoms with van der Waals surface area (Å²) in [5.41, 5.74) is 0.378. The molecule has 1 aliphatic rings. The number of nitrogens with zero attached hydrogens (tertiary/aromatic N) is 2. The number of benzene rings is 1. The predicted octanol–water partition coefficient (Wildman–Crippen LogP) is 2.99. The van der Waals surface area contributed by atoms with Crippen LogP contribution in [0.2, 0.25) is 0 Å². The molecule has 1 aromatic carbocycles. The van der Waals surface area contributed by atoms with Gasteiger partial charge in [-0.25, -0.2) is 13.6 Å². The topological polar surface area (TPSA) is 79.7 Å². The number of fused-ring (bicyclic) bond motifs is 1. The second-order valence-electron chi connectivity index (χ2n) is 6.10. The summed E-state index contributed by atoms with van der Waals surface area (Å²) in [4.78, 5) is 29.2. The number of carbonyl (C=O) groups excluding carboxylic acids is 1. The molecule has 1 fully saturated rings. The van der Waals surface area contributed by atoms with Crippen molar-refractivity contribution < 1.29 is 28.2 Å². The minimum atomic E-state index is -1.08. The maximum atomic E-state index is 14.1. The minimum Gasteiger partial charge on any atom is -0.481 e. The average molecular weight is 364 g/mol. The zero-order valence-electron chi connectivity index (χ0n) is 14.2. The highest BCUT2D eigenvalue weighted by molar-refractivity contribution is 6.05. The van der Waals surface area contributed by atoms with Crippen molar-refractivity contribution in [3.8, 4) is 0 Å². The van der Waals surface area contributed by atoms with Crippen LogP contribution in [-0.2, 0) is 9.53 Å². The maximum absolute atomic E-state index is 14.1. The summed E-state index contributed by atoms with van der Waals surface area (Å²) in [6.07, 6.45) is 1.97. The minimum absolute atomic E-state index is 0.152. The third kappa shape index (κ3) is 3.18. The number of carbonyl (C=O) groups is 2. The Hall–Kier alpha value is -2.77. The Morgan fingerprint density at radius 2 is 2.00 bits per heavy atom. The summed E-state index contributed by atoms with van der Waals surface area (Å²) >= 11 is 0. The number of pyridine rings is 1. The number of anilines is 1. The largest absolute Gasteiger partial charge is 0.481 e. The van der Waals surface area contributed by atoms with Gasteiger partial charge in [-0.2, -0.15) is 0 Å². The van der Waals surface area contributed by atoms with Crippen LogP contribution in [0.3, 0.4) is 0 Å². The molecule has 1 N–H and O–H groups in total. The van der Waals surface area contributed by atoms with E-state index in [4.69, 9.17) is 9.84 Å². The van der Waals surface area contributed by atoms with Crippen molar-refractivity contribution in [3.05, 3.63) is 35.5 Å². The van der Waals surface area contributed by atoms with Gasteiger partial charge in [-0.1, -0.05) is 0 Å². The van der Waals surface area contributed by atoms with E-state index in [9.17, 15) is 18.4 Å². The second-order valence-corrected chi connectivity index (χ2v) is 6.10. The van der Waals surface area contributed by atoms with E-state index in [2.05, 4.69) is 4.98 Å². The Morgan fingerprint density at radius 1 is 1.31 bits per heavy atom. The van der Waals surface area contributed by atoms with E-state index >= 15 is 0 Å². The fourth-order valence-corrected chi connectivity index (χ4v) is 3.24. The second kappa shape index (κ2) is 7.23.